The average molecular weight is 324 g/mol. The standard InChI is InChI=1S/C16H24N2O3S/c1-12(2)21-15-9-14(5-8-17-15)22(19,20)18-11-16(6-4-7-16)10-13(18)3/h5,8-9,12-13H,4,6-7,10-11H2,1-3H3. The van der Waals surface area contributed by atoms with Gasteiger partial charge in [-0.15, -0.1) is 0 Å². The van der Waals surface area contributed by atoms with Gasteiger partial charge in [0.1, 0.15) is 0 Å². The van der Waals surface area contributed by atoms with Gasteiger partial charge in [-0.25, -0.2) is 13.4 Å². The smallest absolute Gasteiger partial charge is 0.243 e. The summed E-state index contributed by atoms with van der Waals surface area (Å²) in [6.07, 6.45) is 5.98. The summed E-state index contributed by atoms with van der Waals surface area (Å²) in [6, 6.07) is 3.15. The maximum Gasteiger partial charge on any atom is 0.243 e. The van der Waals surface area contributed by atoms with E-state index in [-0.39, 0.29) is 22.5 Å². The molecular weight excluding hydrogens is 300 g/mol. The van der Waals surface area contributed by atoms with Crippen LogP contribution in [-0.2, 0) is 10.0 Å². The van der Waals surface area contributed by atoms with Crippen LogP contribution in [0.1, 0.15) is 46.5 Å². The number of pyridine rings is 1. The number of sulfonamides is 1. The molecule has 0 aromatic carbocycles. The van der Waals surface area contributed by atoms with Gasteiger partial charge in [0.25, 0.3) is 0 Å². The normalized spacial score (nSPS) is 24.6. The molecule has 1 spiro atoms. The van der Waals surface area contributed by atoms with Crippen molar-refractivity contribution < 1.29 is 13.2 Å². The largest absolute Gasteiger partial charge is 0.475 e. The topological polar surface area (TPSA) is 59.5 Å². The summed E-state index contributed by atoms with van der Waals surface area (Å²) in [5.74, 6) is 0.362. The molecule has 2 fully saturated rings. The van der Waals surface area contributed by atoms with Crippen LogP contribution in [0.3, 0.4) is 0 Å². The van der Waals surface area contributed by atoms with Crippen molar-refractivity contribution in [1.82, 2.24) is 9.29 Å². The van der Waals surface area contributed by atoms with Crippen molar-refractivity contribution in [1.29, 1.82) is 0 Å². The Bertz CT molecular complexity index is 653. The molecule has 22 heavy (non-hydrogen) atoms. The van der Waals surface area contributed by atoms with Gasteiger partial charge in [0.15, 0.2) is 0 Å². The van der Waals surface area contributed by atoms with Gasteiger partial charge >= 0.3 is 0 Å². The van der Waals surface area contributed by atoms with Crippen molar-refractivity contribution in [2.24, 2.45) is 5.41 Å². The van der Waals surface area contributed by atoms with Gasteiger partial charge in [-0.05, 0) is 51.5 Å². The molecule has 0 radical (unpaired) electrons. The quantitative estimate of drug-likeness (QED) is 0.854. The maximum absolute atomic E-state index is 13.0. The predicted molar refractivity (Wildman–Crippen MR) is 84.3 cm³/mol. The SMILES string of the molecule is CC(C)Oc1cc(S(=O)(=O)N2CC3(CCC3)CC2C)ccn1. The lowest BCUT2D eigenvalue weighted by atomic mass is 9.68. The van der Waals surface area contributed by atoms with Gasteiger partial charge in [-0.3, -0.25) is 0 Å². The highest BCUT2D eigenvalue weighted by atomic mass is 32.2. The molecule has 1 aliphatic heterocycles. The number of aromatic nitrogens is 1. The van der Waals surface area contributed by atoms with E-state index in [4.69, 9.17) is 4.74 Å². The van der Waals surface area contributed by atoms with Gasteiger partial charge < -0.3 is 4.74 Å². The second-order valence-electron chi connectivity index (χ2n) is 6.95. The van der Waals surface area contributed by atoms with Crippen LogP contribution in [0.2, 0.25) is 0 Å². The molecule has 2 aliphatic rings. The van der Waals surface area contributed by atoms with Gasteiger partial charge in [0.2, 0.25) is 15.9 Å². The van der Waals surface area contributed by atoms with E-state index in [9.17, 15) is 8.42 Å². The molecule has 0 amide bonds. The number of hydrogen-bond acceptors (Lipinski definition) is 4. The molecule has 6 heteroatoms. The molecule has 0 N–H and O–H groups in total. The fourth-order valence-electron chi connectivity index (χ4n) is 3.63. The van der Waals surface area contributed by atoms with Crippen LogP contribution in [0, 0.1) is 5.41 Å². The summed E-state index contributed by atoms with van der Waals surface area (Å²) in [7, 11) is -3.48. The molecule has 0 bridgehead atoms. The van der Waals surface area contributed by atoms with Crippen molar-refractivity contribution >= 4 is 10.0 Å². The molecule has 5 nitrogen and oxygen atoms in total. The second kappa shape index (κ2) is 5.49. The van der Waals surface area contributed by atoms with E-state index >= 15 is 0 Å². The Labute approximate surface area is 132 Å². The molecular formula is C16H24N2O3S. The monoisotopic (exact) mass is 324 g/mol. The lowest BCUT2D eigenvalue weighted by Gasteiger charge is -2.38. The number of ether oxygens (including phenoxy) is 1. The van der Waals surface area contributed by atoms with E-state index in [1.807, 2.05) is 20.8 Å². The zero-order valence-corrected chi connectivity index (χ0v) is 14.3. The first-order valence-corrected chi connectivity index (χ1v) is 9.41. The van der Waals surface area contributed by atoms with Crippen molar-refractivity contribution in [2.45, 2.75) is 63.5 Å². The summed E-state index contributed by atoms with van der Waals surface area (Å²) >= 11 is 0. The molecule has 1 saturated heterocycles. The Balaban J connectivity index is 1.86. The predicted octanol–water partition coefficient (Wildman–Crippen LogP) is 2.82. The number of rotatable bonds is 4. The maximum atomic E-state index is 13.0. The zero-order valence-electron chi connectivity index (χ0n) is 13.4. The van der Waals surface area contributed by atoms with Crippen LogP contribution >= 0.6 is 0 Å². The third-order valence-corrected chi connectivity index (χ3v) is 6.75. The Hall–Kier alpha value is -1.14. The van der Waals surface area contributed by atoms with E-state index in [0.717, 1.165) is 19.3 Å². The lowest BCUT2D eigenvalue weighted by molar-refractivity contribution is 0.152. The van der Waals surface area contributed by atoms with Crippen LogP contribution in [0.5, 0.6) is 5.88 Å². The van der Waals surface area contributed by atoms with Gasteiger partial charge in [0, 0.05) is 24.8 Å². The highest BCUT2D eigenvalue weighted by Gasteiger charge is 2.49. The zero-order chi connectivity index (χ0) is 16.0. The third-order valence-electron chi connectivity index (χ3n) is 4.79. The summed E-state index contributed by atoms with van der Waals surface area (Å²) in [4.78, 5) is 4.37. The Morgan fingerprint density at radius 1 is 1.41 bits per heavy atom. The molecule has 2 heterocycles. The van der Waals surface area contributed by atoms with Gasteiger partial charge in [-0.2, -0.15) is 4.31 Å². The molecule has 1 unspecified atom stereocenters. The second-order valence-corrected chi connectivity index (χ2v) is 8.84. The summed E-state index contributed by atoms with van der Waals surface area (Å²) in [5, 5.41) is 0. The first-order chi connectivity index (χ1) is 10.3. The summed E-state index contributed by atoms with van der Waals surface area (Å²) in [6.45, 7) is 6.45. The van der Waals surface area contributed by atoms with Crippen LogP contribution in [-0.4, -0.2) is 36.4 Å². The minimum atomic E-state index is -3.48. The third kappa shape index (κ3) is 2.74. The van der Waals surface area contributed by atoms with E-state index in [0.29, 0.717) is 12.4 Å². The van der Waals surface area contributed by atoms with Crippen LogP contribution in [0.25, 0.3) is 0 Å². The van der Waals surface area contributed by atoms with E-state index in [1.165, 1.54) is 18.7 Å². The minimum absolute atomic E-state index is 0.0330. The van der Waals surface area contributed by atoms with Crippen molar-refractivity contribution in [3.63, 3.8) is 0 Å². The highest BCUT2D eigenvalue weighted by molar-refractivity contribution is 7.89. The lowest BCUT2D eigenvalue weighted by Crippen LogP contribution is -2.37. The minimum Gasteiger partial charge on any atom is -0.475 e. The molecule has 1 aromatic heterocycles. The Morgan fingerprint density at radius 3 is 2.68 bits per heavy atom. The summed E-state index contributed by atoms with van der Waals surface area (Å²) < 4.78 is 33.1. The first-order valence-electron chi connectivity index (χ1n) is 7.97. The molecule has 1 aliphatic carbocycles. The molecule has 1 atom stereocenters. The fraction of sp³-hybridized carbons (Fsp3) is 0.688. The van der Waals surface area contributed by atoms with Crippen molar-refractivity contribution in [3.05, 3.63) is 18.3 Å². The Kier molecular flexibility index (Phi) is 3.93. The van der Waals surface area contributed by atoms with E-state index in [2.05, 4.69) is 4.98 Å². The number of nitrogens with zero attached hydrogens (tertiary/aromatic N) is 2. The Morgan fingerprint density at radius 2 is 2.14 bits per heavy atom. The van der Waals surface area contributed by atoms with E-state index in [1.54, 1.807) is 10.4 Å². The van der Waals surface area contributed by atoms with Gasteiger partial charge in [0.05, 0.1) is 11.0 Å². The summed E-state index contributed by atoms with van der Waals surface area (Å²) in [5.41, 5.74) is 0.233. The van der Waals surface area contributed by atoms with Gasteiger partial charge in [-0.1, -0.05) is 6.42 Å². The van der Waals surface area contributed by atoms with Crippen molar-refractivity contribution in [3.8, 4) is 5.88 Å². The molecule has 122 valence electrons. The first kappa shape index (κ1) is 15.7. The van der Waals surface area contributed by atoms with Crippen LogP contribution in [0.4, 0.5) is 0 Å². The molecule has 3 rings (SSSR count). The van der Waals surface area contributed by atoms with E-state index < -0.39 is 10.0 Å². The average Bonchev–Trinajstić information content (AvgIpc) is 2.77. The van der Waals surface area contributed by atoms with Crippen LogP contribution < -0.4 is 4.74 Å². The van der Waals surface area contributed by atoms with Crippen molar-refractivity contribution in [2.75, 3.05) is 6.54 Å². The fourth-order valence-corrected chi connectivity index (χ4v) is 5.38. The number of hydrogen-bond donors (Lipinski definition) is 0. The van der Waals surface area contributed by atoms with Crippen LogP contribution in [0.15, 0.2) is 23.2 Å². The molecule has 1 aromatic rings. The molecule has 1 saturated carbocycles. The highest BCUT2D eigenvalue weighted by Crippen LogP contribution is 2.51.